The minimum atomic E-state index is -0.810. The van der Waals surface area contributed by atoms with Crippen molar-refractivity contribution in [3.8, 4) is 11.5 Å². The van der Waals surface area contributed by atoms with Gasteiger partial charge >= 0.3 is 11.9 Å². The summed E-state index contributed by atoms with van der Waals surface area (Å²) >= 11 is 0. The first-order valence-corrected chi connectivity index (χ1v) is 13.4. The number of esters is 2. The standard InChI is InChI=1S/C34H27N3O7/c1-42-29-16-14-22(32(39)35-25-11-7-4-8-12-25)19-28(29)36-37-30-26-15-13-23(33(40)44-20-21-9-5-3-6-10-21)17-24(26)18-27(31(30)38)34(41)43-2/h3-19,38H,20H2,1-2H3,(H,35,39). The summed E-state index contributed by atoms with van der Waals surface area (Å²) in [5, 5.41) is 23.2. The Morgan fingerprint density at radius 3 is 2.18 bits per heavy atom. The summed E-state index contributed by atoms with van der Waals surface area (Å²) < 4.78 is 15.7. The van der Waals surface area contributed by atoms with Gasteiger partial charge in [-0.2, -0.15) is 0 Å². The number of nitrogens with zero attached hydrogens (tertiary/aromatic N) is 2. The number of carbonyl (C=O) groups excluding carboxylic acids is 3. The van der Waals surface area contributed by atoms with Crippen molar-refractivity contribution in [2.45, 2.75) is 6.61 Å². The average molecular weight is 590 g/mol. The molecule has 5 aromatic carbocycles. The smallest absolute Gasteiger partial charge is 0.341 e. The first-order valence-electron chi connectivity index (χ1n) is 13.4. The number of benzene rings is 5. The number of amides is 1. The molecule has 0 saturated carbocycles. The number of ether oxygens (including phenoxy) is 3. The van der Waals surface area contributed by atoms with E-state index in [1.54, 1.807) is 42.5 Å². The summed E-state index contributed by atoms with van der Waals surface area (Å²) in [6, 6.07) is 28.9. The van der Waals surface area contributed by atoms with E-state index in [9.17, 15) is 19.5 Å². The number of fused-ring (bicyclic) bond motifs is 1. The van der Waals surface area contributed by atoms with Crippen LogP contribution in [0.25, 0.3) is 10.8 Å². The molecule has 0 radical (unpaired) electrons. The molecule has 0 bridgehead atoms. The van der Waals surface area contributed by atoms with Gasteiger partial charge in [-0.25, -0.2) is 9.59 Å². The highest BCUT2D eigenvalue weighted by atomic mass is 16.5. The molecule has 10 nitrogen and oxygen atoms in total. The van der Waals surface area contributed by atoms with Crippen molar-refractivity contribution in [3.05, 3.63) is 125 Å². The van der Waals surface area contributed by atoms with E-state index in [1.807, 2.05) is 36.4 Å². The second-order valence-electron chi connectivity index (χ2n) is 9.52. The number of phenols is 1. The van der Waals surface area contributed by atoms with E-state index in [0.29, 0.717) is 27.8 Å². The molecule has 44 heavy (non-hydrogen) atoms. The number of hydrogen-bond acceptors (Lipinski definition) is 9. The van der Waals surface area contributed by atoms with Crippen LogP contribution in [-0.2, 0) is 16.1 Å². The van der Waals surface area contributed by atoms with Gasteiger partial charge in [0.15, 0.2) is 5.75 Å². The summed E-state index contributed by atoms with van der Waals surface area (Å²) in [5.41, 5.74) is 1.96. The van der Waals surface area contributed by atoms with Crippen molar-refractivity contribution in [3.63, 3.8) is 0 Å². The molecule has 0 aromatic heterocycles. The lowest BCUT2D eigenvalue weighted by atomic mass is 10.0. The van der Waals surface area contributed by atoms with Crippen LogP contribution in [0.5, 0.6) is 11.5 Å². The molecule has 0 aliphatic heterocycles. The third-order valence-electron chi connectivity index (χ3n) is 6.67. The fourth-order valence-electron chi connectivity index (χ4n) is 4.41. The fourth-order valence-corrected chi connectivity index (χ4v) is 4.41. The number of carbonyl (C=O) groups is 3. The van der Waals surface area contributed by atoms with Crippen LogP contribution in [0.4, 0.5) is 17.1 Å². The molecule has 1 amide bonds. The van der Waals surface area contributed by atoms with Crippen LogP contribution in [0, 0.1) is 0 Å². The molecule has 5 rings (SSSR count). The Balaban J connectivity index is 1.50. The van der Waals surface area contributed by atoms with Crippen molar-refractivity contribution in [1.82, 2.24) is 0 Å². The summed E-state index contributed by atoms with van der Waals surface area (Å²) in [7, 11) is 2.63. The van der Waals surface area contributed by atoms with Gasteiger partial charge in [0.25, 0.3) is 5.91 Å². The second kappa shape index (κ2) is 13.3. The number of azo groups is 1. The van der Waals surface area contributed by atoms with E-state index in [1.165, 1.54) is 38.5 Å². The molecule has 0 aliphatic carbocycles. The SMILES string of the molecule is COC(=O)c1cc2cc(C(=O)OCc3ccccc3)ccc2c(N=Nc2cc(C(=O)Nc3ccccc3)ccc2OC)c1O. The second-order valence-corrected chi connectivity index (χ2v) is 9.52. The van der Waals surface area contributed by atoms with Crippen LogP contribution >= 0.6 is 0 Å². The average Bonchev–Trinajstić information content (AvgIpc) is 3.06. The number of methoxy groups -OCH3 is 2. The van der Waals surface area contributed by atoms with Gasteiger partial charge in [-0.1, -0.05) is 54.6 Å². The highest BCUT2D eigenvalue weighted by molar-refractivity contribution is 6.07. The van der Waals surface area contributed by atoms with Crippen LogP contribution in [0.15, 0.2) is 113 Å². The van der Waals surface area contributed by atoms with Crippen molar-refractivity contribution in [2.75, 3.05) is 19.5 Å². The molecule has 0 saturated heterocycles. The maximum atomic E-state index is 12.9. The lowest BCUT2D eigenvalue weighted by molar-refractivity contribution is 0.0472. The summed E-state index contributed by atoms with van der Waals surface area (Å²) in [6.45, 7) is 0.0877. The Morgan fingerprint density at radius 2 is 1.48 bits per heavy atom. The minimum absolute atomic E-state index is 0.0479. The molecular formula is C34H27N3O7. The van der Waals surface area contributed by atoms with Crippen LogP contribution in [0.1, 0.15) is 36.6 Å². The van der Waals surface area contributed by atoms with Crippen molar-refractivity contribution in [2.24, 2.45) is 10.2 Å². The monoisotopic (exact) mass is 589 g/mol. The summed E-state index contributed by atoms with van der Waals surface area (Å²) in [5.74, 6) is -1.90. The van der Waals surface area contributed by atoms with E-state index >= 15 is 0 Å². The zero-order valence-corrected chi connectivity index (χ0v) is 23.8. The highest BCUT2D eigenvalue weighted by Crippen LogP contribution is 2.41. The Labute approximate surface area is 252 Å². The minimum Gasteiger partial charge on any atom is -0.505 e. The number of anilines is 1. The van der Waals surface area contributed by atoms with Gasteiger partial charge in [-0.05, 0) is 59.5 Å². The molecule has 0 fully saturated rings. The van der Waals surface area contributed by atoms with E-state index in [-0.39, 0.29) is 35.0 Å². The lowest BCUT2D eigenvalue weighted by Gasteiger charge is -2.11. The lowest BCUT2D eigenvalue weighted by Crippen LogP contribution is -2.11. The summed E-state index contributed by atoms with van der Waals surface area (Å²) in [4.78, 5) is 38.2. The Bertz CT molecular complexity index is 1870. The molecule has 10 heteroatoms. The number of hydrogen-bond donors (Lipinski definition) is 2. The molecule has 5 aromatic rings. The van der Waals surface area contributed by atoms with Crippen LogP contribution in [0.3, 0.4) is 0 Å². The van der Waals surface area contributed by atoms with E-state index in [0.717, 1.165) is 5.56 Å². The molecule has 220 valence electrons. The number of rotatable bonds is 9. The van der Waals surface area contributed by atoms with E-state index in [2.05, 4.69) is 15.5 Å². The molecular weight excluding hydrogens is 562 g/mol. The van der Waals surface area contributed by atoms with Crippen molar-refractivity contribution < 1.29 is 33.7 Å². The van der Waals surface area contributed by atoms with Gasteiger partial charge in [-0.3, -0.25) is 4.79 Å². The van der Waals surface area contributed by atoms with Gasteiger partial charge in [0, 0.05) is 16.6 Å². The normalized spacial score (nSPS) is 10.9. The fraction of sp³-hybridized carbons (Fsp3) is 0.0882. The van der Waals surface area contributed by atoms with Gasteiger partial charge in [0.1, 0.15) is 29.3 Å². The number of aromatic hydroxyl groups is 1. The predicted octanol–water partition coefficient (Wildman–Crippen LogP) is 7.37. The Hall–Kier alpha value is -6.03. The van der Waals surface area contributed by atoms with Crippen LogP contribution in [0.2, 0.25) is 0 Å². The van der Waals surface area contributed by atoms with Gasteiger partial charge in [0.05, 0.1) is 19.8 Å². The predicted molar refractivity (Wildman–Crippen MR) is 164 cm³/mol. The number of phenolic OH excluding ortho intramolecular Hbond substituents is 1. The first-order chi connectivity index (χ1) is 21.4. The maximum Gasteiger partial charge on any atom is 0.341 e. The molecule has 0 heterocycles. The topological polar surface area (TPSA) is 136 Å². The van der Waals surface area contributed by atoms with Gasteiger partial charge in [0.2, 0.25) is 0 Å². The molecule has 0 aliphatic rings. The van der Waals surface area contributed by atoms with E-state index in [4.69, 9.17) is 14.2 Å². The zero-order chi connectivity index (χ0) is 31.1. The van der Waals surface area contributed by atoms with Crippen LogP contribution in [-0.4, -0.2) is 37.2 Å². The number of para-hydroxylation sites is 1. The number of nitrogens with one attached hydrogen (secondary N) is 1. The van der Waals surface area contributed by atoms with Crippen LogP contribution < -0.4 is 10.1 Å². The Kier molecular flexibility index (Phi) is 8.91. The van der Waals surface area contributed by atoms with Gasteiger partial charge < -0.3 is 24.6 Å². The van der Waals surface area contributed by atoms with Crippen molar-refractivity contribution in [1.29, 1.82) is 0 Å². The summed E-state index contributed by atoms with van der Waals surface area (Å²) in [6.07, 6.45) is 0. The largest absolute Gasteiger partial charge is 0.505 e. The molecule has 2 N–H and O–H groups in total. The van der Waals surface area contributed by atoms with Gasteiger partial charge in [-0.15, -0.1) is 10.2 Å². The van der Waals surface area contributed by atoms with Crippen molar-refractivity contribution >= 4 is 45.7 Å². The third kappa shape index (κ3) is 6.55. The third-order valence-corrected chi connectivity index (χ3v) is 6.67. The van der Waals surface area contributed by atoms with E-state index < -0.39 is 17.7 Å². The maximum absolute atomic E-state index is 12.9. The Morgan fingerprint density at radius 1 is 0.773 bits per heavy atom. The molecule has 0 spiro atoms. The highest BCUT2D eigenvalue weighted by Gasteiger charge is 2.21. The molecule has 0 unspecified atom stereocenters. The quantitative estimate of drug-likeness (QED) is 0.135. The first kappa shape index (κ1) is 29.5. The zero-order valence-electron chi connectivity index (χ0n) is 23.8. The molecule has 0 atom stereocenters.